The average molecular weight is 196 g/mol. The predicted molar refractivity (Wildman–Crippen MR) is 47.9 cm³/mol. The lowest BCUT2D eigenvalue weighted by molar-refractivity contribution is -0.325. The maximum absolute atomic E-state index is 8.80. The van der Waals surface area contributed by atoms with E-state index < -0.39 is 0 Å². The molecule has 0 atom stereocenters. The number of nitrogens with zero attached hydrogens (tertiary/aromatic N) is 2. The van der Waals surface area contributed by atoms with Crippen molar-refractivity contribution < 1.29 is 15.5 Å². The second kappa shape index (κ2) is 11.7. The summed E-state index contributed by atoms with van der Waals surface area (Å²) in [6.07, 6.45) is 0.895. The second-order valence-corrected chi connectivity index (χ2v) is 2.23. The van der Waals surface area contributed by atoms with Crippen molar-refractivity contribution >= 4 is 0 Å². The molecule has 0 saturated carbocycles. The van der Waals surface area contributed by atoms with Crippen LogP contribution in [0.25, 0.3) is 0 Å². The summed E-state index contributed by atoms with van der Waals surface area (Å²) in [6.45, 7) is 1.54. The SMILES string of the molecule is CNCCCN(C)N(O)NO.CO. The van der Waals surface area contributed by atoms with E-state index in [1.54, 1.807) is 12.6 Å². The maximum Gasteiger partial charge on any atom is 0.0319 e. The van der Waals surface area contributed by atoms with Gasteiger partial charge in [0, 0.05) is 20.7 Å². The van der Waals surface area contributed by atoms with E-state index in [-0.39, 0.29) is 0 Å². The third-order valence-corrected chi connectivity index (χ3v) is 1.32. The van der Waals surface area contributed by atoms with Crippen molar-refractivity contribution in [1.29, 1.82) is 0 Å². The number of nitrogens with one attached hydrogen (secondary N) is 2. The highest BCUT2D eigenvalue weighted by atomic mass is 16.7. The Morgan fingerprint density at radius 1 is 1.31 bits per heavy atom. The number of aliphatic hydroxyl groups excluding tert-OH is 1. The van der Waals surface area contributed by atoms with Gasteiger partial charge >= 0.3 is 0 Å². The highest BCUT2D eigenvalue weighted by Gasteiger charge is 2.03. The van der Waals surface area contributed by atoms with Crippen molar-refractivity contribution in [3.63, 3.8) is 0 Å². The van der Waals surface area contributed by atoms with Crippen LogP contribution in [0, 0.1) is 0 Å². The number of hydrogen-bond donors (Lipinski definition) is 5. The Morgan fingerprint density at radius 2 is 1.85 bits per heavy atom. The van der Waals surface area contributed by atoms with E-state index in [4.69, 9.17) is 15.5 Å². The largest absolute Gasteiger partial charge is 0.400 e. The van der Waals surface area contributed by atoms with Crippen LogP contribution in [0.3, 0.4) is 0 Å². The zero-order chi connectivity index (χ0) is 10.7. The van der Waals surface area contributed by atoms with Crippen LogP contribution in [-0.4, -0.2) is 60.1 Å². The molecule has 13 heavy (non-hydrogen) atoms. The Bertz CT molecular complexity index is 95.9. The lowest BCUT2D eigenvalue weighted by Crippen LogP contribution is -2.45. The van der Waals surface area contributed by atoms with Gasteiger partial charge in [0.2, 0.25) is 0 Å². The summed E-state index contributed by atoms with van der Waals surface area (Å²) < 4.78 is 0. The van der Waals surface area contributed by atoms with Crippen molar-refractivity contribution in [2.24, 2.45) is 0 Å². The average Bonchev–Trinajstić information content (AvgIpc) is 2.20. The second-order valence-electron chi connectivity index (χ2n) is 2.23. The summed E-state index contributed by atoms with van der Waals surface area (Å²) in [5.74, 6) is 0. The summed E-state index contributed by atoms with van der Waals surface area (Å²) in [5.41, 5.74) is 1.59. The molecule has 0 bridgehead atoms. The Labute approximate surface area is 78.4 Å². The fourth-order valence-corrected chi connectivity index (χ4v) is 0.656. The molecule has 7 heteroatoms. The molecule has 0 aliphatic carbocycles. The summed E-state index contributed by atoms with van der Waals surface area (Å²) in [7, 11) is 4.51. The van der Waals surface area contributed by atoms with Crippen LogP contribution in [-0.2, 0) is 0 Å². The number of hydrazine groups is 2. The van der Waals surface area contributed by atoms with Crippen molar-refractivity contribution in [3.05, 3.63) is 0 Å². The fourth-order valence-electron chi connectivity index (χ4n) is 0.656. The first-order valence-corrected chi connectivity index (χ1v) is 3.91. The molecule has 0 radical (unpaired) electrons. The van der Waals surface area contributed by atoms with Gasteiger partial charge in [-0.05, 0) is 25.3 Å². The van der Waals surface area contributed by atoms with E-state index in [0.29, 0.717) is 11.8 Å². The third kappa shape index (κ3) is 9.64. The minimum absolute atomic E-state index is 0.523. The predicted octanol–water partition coefficient (Wildman–Crippen LogP) is -1.36. The third-order valence-electron chi connectivity index (χ3n) is 1.32. The van der Waals surface area contributed by atoms with Crippen molar-refractivity contribution in [2.45, 2.75) is 6.42 Å². The van der Waals surface area contributed by atoms with Gasteiger partial charge in [0.25, 0.3) is 0 Å². The van der Waals surface area contributed by atoms with E-state index in [1.807, 2.05) is 7.05 Å². The molecule has 5 N–H and O–H groups in total. The van der Waals surface area contributed by atoms with Crippen LogP contribution in [0.5, 0.6) is 0 Å². The summed E-state index contributed by atoms with van der Waals surface area (Å²) in [5, 5.41) is 29.0. The van der Waals surface area contributed by atoms with E-state index in [2.05, 4.69) is 5.32 Å². The maximum atomic E-state index is 8.80. The summed E-state index contributed by atoms with van der Waals surface area (Å²) >= 11 is 0. The highest BCUT2D eigenvalue weighted by molar-refractivity contribution is 4.44. The molecule has 0 heterocycles. The van der Waals surface area contributed by atoms with E-state index >= 15 is 0 Å². The van der Waals surface area contributed by atoms with Gasteiger partial charge in [-0.2, -0.15) is 0 Å². The van der Waals surface area contributed by atoms with Crippen LogP contribution in [0.15, 0.2) is 0 Å². The Kier molecular flexibility index (Phi) is 13.7. The molecule has 0 aliphatic heterocycles. The molecule has 0 rings (SSSR count). The van der Waals surface area contributed by atoms with Gasteiger partial charge in [-0.1, -0.05) is 5.59 Å². The molecule has 82 valence electrons. The number of hydrogen-bond acceptors (Lipinski definition) is 7. The molecule has 0 amide bonds. The first kappa shape index (κ1) is 15.2. The summed E-state index contributed by atoms with van der Waals surface area (Å²) in [6, 6.07) is 0. The van der Waals surface area contributed by atoms with E-state index in [0.717, 1.165) is 20.1 Å². The zero-order valence-corrected chi connectivity index (χ0v) is 8.36. The van der Waals surface area contributed by atoms with Crippen LogP contribution < -0.4 is 10.9 Å². The first-order valence-electron chi connectivity index (χ1n) is 3.91. The molecule has 7 nitrogen and oxygen atoms in total. The molecule has 0 aromatic carbocycles. The lowest BCUT2D eigenvalue weighted by atomic mass is 10.4. The number of rotatable bonds is 6. The molecule has 0 fully saturated rings. The topological polar surface area (TPSA) is 91.2 Å². The van der Waals surface area contributed by atoms with Gasteiger partial charge in [0.1, 0.15) is 0 Å². The van der Waals surface area contributed by atoms with Gasteiger partial charge in [0.15, 0.2) is 0 Å². The molecule has 0 unspecified atom stereocenters. The lowest BCUT2D eigenvalue weighted by Gasteiger charge is -2.22. The van der Waals surface area contributed by atoms with Gasteiger partial charge < -0.3 is 10.4 Å². The molecule has 0 saturated heterocycles. The van der Waals surface area contributed by atoms with Crippen LogP contribution in [0.4, 0.5) is 0 Å². The van der Waals surface area contributed by atoms with Gasteiger partial charge in [-0.3, -0.25) is 10.4 Å². The Morgan fingerprint density at radius 3 is 2.23 bits per heavy atom. The summed E-state index contributed by atoms with van der Waals surface area (Å²) in [4.78, 5) is 0. The van der Waals surface area contributed by atoms with E-state index in [1.165, 1.54) is 5.01 Å². The zero-order valence-electron chi connectivity index (χ0n) is 8.36. The molecular formula is C6H20N4O3. The molecule has 0 spiro atoms. The van der Waals surface area contributed by atoms with Gasteiger partial charge in [-0.25, -0.2) is 5.01 Å². The highest BCUT2D eigenvalue weighted by Crippen LogP contribution is 1.86. The van der Waals surface area contributed by atoms with Gasteiger partial charge in [0.05, 0.1) is 0 Å². The fraction of sp³-hybridized carbons (Fsp3) is 1.00. The van der Waals surface area contributed by atoms with Crippen molar-refractivity contribution in [1.82, 2.24) is 21.2 Å². The molecule has 0 aromatic heterocycles. The van der Waals surface area contributed by atoms with Crippen LogP contribution in [0.1, 0.15) is 6.42 Å². The minimum atomic E-state index is 0.523. The smallest absolute Gasteiger partial charge is 0.0319 e. The monoisotopic (exact) mass is 196 g/mol. The Hall–Kier alpha value is -0.280. The van der Waals surface area contributed by atoms with Crippen LogP contribution in [0.2, 0.25) is 0 Å². The van der Waals surface area contributed by atoms with Gasteiger partial charge in [-0.15, -0.1) is 0 Å². The molecular weight excluding hydrogens is 176 g/mol. The first-order chi connectivity index (χ1) is 6.22. The minimum Gasteiger partial charge on any atom is -0.400 e. The standard InChI is InChI=1S/C5H16N4O2.CH4O/c1-6-4-3-5-8(2)9(11)7-10;1-2/h6-7,10-11H,3-5H2,1-2H3;2H,1H3. The quantitative estimate of drug-likeness (QED) is 0.264. The normalized spacial score (nSPS) is 10.2. The van der Waals surface area contributed by atoms with Crippen LogP contribution >= 0.6 is 0 Å². The molecule has 0 aromatic rings. The van der Waals surface area contributed by atoms with Crippen molar-refractivity contribution in [3.8, 4) is 0 Å². The molecule has 0 aliphatic rings. The Balaban J connectivity index is 0. The van der Waals surface area contributed by atoms with Crippen molar-refractivity contribution in [2.75, 3.05) is 34.3 Å². The van der Waals surface area contributed by atoms with E-state index in [9.17, 15) is 0 Å². The number of aliphatic hydroxyl groups is 1.